The molecule has 0 radical (unpaired) electrons. The second-order valence-electron chi connectivity index (χ2n) is 16.0. The smallest absolute Gasteiger partial charge is 0.407 e. The average Bonchev–Trinajstić information content (AvgIpc) is 3.00. The molecule has 0 aliphatic rings. The number of carbonyl (C=O) groups excluding carboxylic acids is 2. The van der Waals surface area contributed by atoms with Gasteiger partial charge in [-0.15, -0.1) is 0 Å². The van der Waals surface area contributed by atoms with Crippen LogP contribution in [-0.2, 0) is 9.47 Å². The van der Waals surface area contributed by atoms with E-state index in [0.717, 1.165) is 64.5 Å². The molecule has 0 aliphatic carbocycles. The van der Waals surface area contributed by atoms with Crippen LogP contribution in [0, 0.1) is 0 Å². The average molecular weight is 713 g/mol. The molecular formula is C40H80N4O6. The molecule has 0 aromatic carbocycles. The second kappa shape index (κ2) is 29.7. The Bertz CT molecular complexity index is 790. The van der Waals surface area contributed by atoms with Gasteiger partial charge in [-0.2, -0.15) is 0 Å². The van der Waals surface area contributed by atoms with E-state index in [9.17, 15) is 19.8 Å². The maximum Gasteiger partial charge on any atom is 0.407 e. The SMILES string of the molecule is CCCCCCCCC(O)CN(CC=CCN(CCCNC(=O)OC(C)(C)C)CC(O)CCCCCCCC)CCCNC(=O)OC(C)(C)C. The van der Waals surface area contributed by atoms with E-state index in [1.54, 1.807) is 0 Å². The molecule has 4 N–H and O–H groups in total. The molecule has 0 rings (SSSR count). The minimum absolute atomic E-state index is 0.389. The Morgan fingerprint density at radius 2 is 0.920 bits per heavy atom. The number of rotatable bonds is 30. The maximum absolute atomic E-state index is 12.1. The van der Waals surface area contributed by atoms with Crippen molar-refractivity contribution in [1.82, 2.24) is 20.4 Å². The van der Waals surface area contributed by atoms with Crippen molar-refractivity contribution >= 4 is 12.2 Å². The fourth-order valence-electron chi connectivity index (χ4n) is 5.68. The Morgan fingerprint density at radius 3 is 1.26 bits per heavy atom. The van der Waals surface area contributed by atoms with Crippen molar-refractivity contribution in [1.29, 1.82) is 0 Å². The summed E-state index contributed by atoms with van der Waals surface area (Å²) in [5.74, 6) is 0. The lowest BCUT2D eigenvalue weighted by Crippen LogP contribution is -2.37. The van der Waals surface area contributed by atoms with Crippen LogP contribution in [0.3, 0.4) is 0 Å². The molecule has 10 nitrogen and oxygen atoms in total. The van der Waals surface area contributed by atoms with E-state index >= 15 is 0 Å². The van der Waals surface area contributed by atoms with Gasteiger partial charge in [-0.1, -0.05) is 103 Å². The Kier molecular flexibility index (Phi) is 28.6. The van der Waals surface area contributed by atoms with Crippen LogP contribution in [0.5, 0.6) is 0 Å². The van der Waals surface area contributed by atoms with Crippen molar-refractivity contribution in [3.63, 3.8) is 0 Å². The number of nitrogens with zero attached hydrogens (tertiary/aromatic N) is 2. The van der Waals surface area contributed by atoms with Crippen LogP contribution < -0.4 is 10.6 Å². The summed E-state index contributed by atoms with van der Waals surface area (Å²) in [7, 11) is 0. The lowest BCUT2D eigenvalue weighted by molar-refractivity contribution is 0.0512. The minimum Gasteiger partial charge on any atom is -0.444 e. The fraction of sp³-hybridized carbons (Fsp3) is 0.900. The molecule has 10 heteroatoms. The Labute approximate surface area is 307 Å². The molecule has 0 spiro atoms. The summed E-state index contributed by atoms with van der Waals surface area (Å²) in [6.45, 7) is 20.6. The van der Waals surface area contributed by atoms with Gasteiger partial charge >= 0.3 is 12.2 Å². The first-order valence-corrected chi connectivity index (χ1v) is 20.0. The molecule has 0 aliphatic heterocycles. The van der Waals surface area contributed by atoms with Crippen molar-refractivity contribution in [2.75, 3.05) is 52.4 Å². The first-order valence-electron chi connectivity index (χ1n) is 20.0. The normalized spacial score (nSPS) is 13.6. The number of amides is 2. The van der Waals surface area contributed by atoms with Crippen molar-refractivity contribution < 1.29 is 29.3 Å². The van der Waals surface area contributed by atoms with Crippen LogP contribution in [-0.4, -0.2) is 108 Å². The molecular weight excluding hydrogens is 632 g/mol. The Hall–Kier alpha value is -1.88. The number of alkyl carbamates (subject to hydrolysis) is 2. The third kappa shape index (κ3) is 33.3. The lowest BCUT2D eigenvalue weighted by Gasteiger charge is -2.26. The molecule has 0 aromatic heterocycles. The van der Waals surface area contributed by atoms with E-state index in [4.69, 9.17) is 9.47 Å². The quantitative estimate of drug-likeness (QED) is 0.0434. The van der Waals surface area contributed by atoms with Crippen LogP contribution >= 0.6 is 0 Å². The van der Waals surface area contributed by atoms with Gasteiger partial charge in [0.05, 0.1) is 12.2 Å². The van der Waals surface area contributed by atoms with E-state index in [2.05, 4.69) is 46.4 Å². The van der Waals surface area contributed by atoms with Crippen LogP contribution in [0.1, 0.15) is 158 Å². The van der Waals surface area contributed by atoms with Gasteiger partial charge in [0.2, 0.25) is 0 Å². The van der Waals surface area contributed by atoms with E-state index in [1.807, 2.05) is 41.5 Å². The van der Waals surface area contributed by atoms with Crippen LogP contribution in [0.2, 0.25) is 0 Å². The third-order valence-corrected chi connectivity index (χ3v) is 8.25. The number of aliphatic hydroxyl groups excluding tert-OH is 2. The third-order valence-electron chi connectivity index (χ3n) is 8.25. The molecule has 50 heavy (non-hydrogen) atoms. The topological polar surface area (TPSA) is 124 Å². The number of carbonyl (C=O) groups is 2. The zero-order valence-corrected chi connectivity index (χ0v) is 33.7. The van der Waals surface area contributed by atoms with Gasteiger partial charge in [-0.05, 0) is 67.2 Å². The van der Waals surface area contributed by atoms with Gasteiger partial charge in [0, 0.05) is 52.4 Å². The van der Waals surface area contributed by atoms with Gasteiger partial charge in [-0.3, -0.25) is 9.80 Å². The molecule has 0 bridgehead atoms. The highest BCUT2D eigenvalue weighted by Gasteiger charge is 2.18. The molecule has 2 atom stereocenters. The number of nitrogens with one attached hydrogen (secondary N) is 2. The van der Waals surface area contributed by atoms with Gasteiger partial charge in [0.25, 0.3) is 0 Å². The second-order valence-corrected chi connectivity index (χ2v) is 16.0. The minimum atomic E-state index is -0.533. The van der Waals surface area contributed by atoms with E-state index in [1.165, 1.54) is 51.4 Å². The number of hydrogen-bond acceptors (Lipinski definition) is 8. The van der Waals surface area contributed by atoms with Crippen LogP contribution in [0.25, 0.3) is 0 Å². The van der Waals surface area contributed by atoms with Crippen molar-refractivity contribution in [2.24, 2.45) is 0 Å². The zero-order chi connectivity index (χ0) is 37.7. The summed E-state index contributed by atoms with van der Waals surface area (Å²) in [6, 6.07) is 0. The van der Waals surface area contributed by atoms with Crippen molar-refractivity contribution in [3.05, 3.63) is 12.2 Å². The van der Waals surface area contributed by atoms with E-state index in [-0.39, 0.29) is 12.2 Å². The first-order chi connectivity index (χ1) is 23.6. The summed E-state index contributed by atoms with van der Waals surface area (Å²) < 4.78 is 10.7. The summed E-state index contributed by atoms with van der Waals surface area (Å²) in [4.78, 5) is 28.7. The van der Waals surface area contributed by atoms with Gasteiger partial charge in [-0.25, -0.2) is 9.59 Å². The van der Waals surface area contributed by atoms with Crippen molar-refractivity contribution in [2.45, 2.75) is 182 Å². The molecule has 2 amide bonds. The standard InChI is InChI=1S/C40H80N4O6/c1-9-11-13-15-17-19-25-35(45)33-43(31-23-27-41-37(47)49-39(3,4)5)29-21-22-30-44(32-24-28-42-38(48)50-40(6,7)8)34-36(46)26-20-18-16-14-12-10-2/h21-22,35-36,45-46H,9-20,23-34H2,1-8H3,(H,41,47)(H,42,48). The number of ether oxygens (including phenoxy) is 2. The predicted molar refractivity (Wildman–Crippen MR) is 208 cm³/mol. The molecule has 2 unspecified atom stereocenters. The highest BCUT2D eigenvalue weighted by atomic mass is 16.6. The summed E-state index contributed by atoms with van der Waals surface area (Å²) in [6.07, 6.45) is 20.2. The molecule has 0 saturated heterocycles. The maximum atomic E-state index is 12.1. The largest absolute Gasteiger partial charge is 0.444 e. The molecule has 0 saturated carbocycles. The first kappa shape index (κ1) is 48.1. The van der Waals surface area contributed by atoms with Gasteiger partial charge < -0.3 is 30.3 Å². The zero-order valence-electron chi connectivity index (χ0n) is 33.7. The lowest BCUT2D eigenvalue weighted by atomic mass is 10.1. The molecule has 0 heterocycles. The monoisotopic (exact) mass is 713 g/mol. The van der Waals surface area contributed by atoms with Crippen molar-refractivity contribution in [3.8, 4) is 0 Å². The highest BCUT2D eigenvalue weighted by Crippen LogP contribution is 2.12. The van der Waals surface area contributed by atoms with Crippen LogP contribution in [0.15, 0.2) is 12.2 Å². The fourth-order valence-corrected chi connectivity index (χ4v) is 5.68. The number of unbranched alkanes of at least 4 members (excludes halogenated alkanes) is 10. The van der Waals surface area contributed by atoms with E-state index < -0.39 is 23.4 Å². The molecule has 296 valence electrons. The Balaban J connectivity index is 5.15. The summed E-state index contributed by atoms with van der Waals surface area (Å²) in [5, 5.41) is 27.4. The Morgan fingerprint density at radius 1 is 0.580 bits per heavy atom. The van der Waals surface area contributed by atoms with Crippen LogP contribution in [0.4, 0.5) is 9.59 Å². The number of aliphatic hydroxyl groups is 2. The molecule has 0 aromatic rings. The highest BCUT2D eigenvalue weighted by molar-refractivity contribution is 5.67. The van der Waals surface area contributed by atoms with Gasteiger partial charge in [0.15, 0.2) is 0 Å². The summed E-state index contributed by atoms with van der Waals surface area (Å²) in [5.41, 5.74) is -1.07. The molecule has 0 fully saturated rings. The van der Waals surface area contributed by atoms with Gasteiger partial charge in [0.1, 0.15) is 11.2 Å². The van der Waals surface area contributed by atoms with E-state index in [0.29, 0.717) is 39.3 Å². The summed E-state index contributed by atoms with van der Waals surface area (Å²) >= 11 is 0. The predicted octanol–water partition coefficient (Wildman–Crippen LogP) is 8.20. The number of hydrogen-bond donors (Lipinski definition) is 4.